The number of nitrogens with zero attached hydrogens (tertiary/aromatic N) is 1. The van der Waals surface area contributed by atoms with Gasteiger partial charge in [0.15, 0.2) is 6.29 Å². The lowest BCUT2D eigenvalue weighted by Gasteiger charge is -2.00. The molecule has 94 valence electrons. The summed E-state index contributed by atoms with van der Waals surface area (Å²) in [7, 11) is 0. The molecule has 0 unspecified atom stereocenters. The lowest BCUT2D eigenvalue weighted by molar-refractivity contribution is 0.111. The van der Waals surface area contributed by atoms with E-state index in [1.807, 2.05) is 0 Å². The first-order valence-corrected chi connectivity index (χ1v) is 6.62. The third kappa shape index (κ3) is 2.82. The summed E-state index contributed by atoms with van der Waals surface area (Å²) in [5, 5.41) is 0.701. The molecule has 0 N–H and O–H groups in total. The Balaban J connectivity index is 2.40. The Morgan fingerprint density at radius 3 is 2.83 bits per heavy atom. The van der Waals surface area contributed by atoms with Gasteiger partial charge < -0.3 is 0 Å². The van der Waals surface area contributed by atoms with Crippen LogP contribution in [0.25, 0.3) is 10.6 Å². The molecule has 0 aliphatic heterocycles. The standard InChI is InChI=1S/C14H14FNOS/c1-9(2)6-13-12(8-17)16-14(18-13)10-4-3-5-11(15)7-10/h3-5,7-9H,6H2,1-2H3. The summed E-state index contributed by atoms with van der Waals surface area (Å²) < 4.78 is 13.2. The van der Waals surface area contributed by atoms with E-state index in [0.717, 1.165) is 23.1 Å². The van der Waals surface area contributed by atoms with Crippen LogP contribution in [-0.2, 0) is 6.42 Å². The normalized spacial score (nSPS) is 10.9. The fourth-order valence-electron chi connectivity index (χ4n) is 1.72. The summed E-state index contributed by atoms with van der Waals surface area (Å²) >= 11 is 1.47. The van der Waals surface area contributed by atoms with Crippen LogP contribution in [-0.4, -0.2) is 11.3 Å². The number of benzene rings is 1. The molecule has 2 rings (SSSR count). The molecule has 0 amide bonds. The number of hydrogen-bond donors (Lipinski definition) is 0. The van der Waals surface area contributed by atoms with Crippen LogP contribution in [0.2, 0.25) is 0 Å². The Hall–Kier alpha value is -1.55. The molecule has 0 aliphatic carbocycles. The van der Waals surface area contributed by atoms with E-state index >= 15 is 0 Å². The van der Waals surface area contributed by atoms with Crippen LogP contribution in [0.3, 0.4) is 0 Å². The summed E-state index contributed by atoms with van der Waals surface area (Å²) in [5.41, 5.74) is 1.20. The zero-order chi connectivity index (χ0) is 13.1. The first-order chi connectivity index (χ1) is 8.60. The minimum atomic E-state index is -0.291. The molecule has 1 aromatic heterocycles. The van der Waals surface area contributed by atoms with Crippen molar-refractivity contribution in [2.45, 2.75) is 20.3 Å². The second kappa shape index (κ2) is 5.40. The third-order valence-electron chi connectivity index (χ3n) is 2.50. The van der Waals surface area contributed by atoms with Crippen LogP contribution >= 0.6 is 11.3 Å². The van der Waals surface area contributed by atoms with Gasteiger partial charge in [0.1, 0.15) is 16.5 Å². The molecule has 0 spiro atoms. The van der Waals surface area contributed by atoms with E-state index in [9.17, 15) is 9.18 Å². The molecule has 0 saturated carbocycles. The molecule has 0 radical (unpaired) electrons. The monoisotopic (exact) mass is 263 g/mol. The topological polar surface area (TPSA) is 30.0 Å². The van der Waals surface area contributed by atoms with Crippen LogP contribution in [0.1, 0.15) is 29.2 Å². The van der Waals surface area contributed by atoms with Crippen molar-refractivity contribution >= 4 is 17.6 Å². The molecule has 0 bridgehead atoms. The Morgan fingerprint density at radius 1 is 1.44 bits per heavy atom. The van der Waals surface area contributed by atoms with Crippen molar-refractivity contribution in [2.24, 2.45) is 5.92 Å². The first kappa shape index (κ1) is 12.9. The number of halogens is 1. The molecule has 0 aliphatic rings. The summed E-state index contributed by atoms with van der Waals surface area (Å²) in [6, 6.07) is 6.28. The largest absolute Gasteiger partial charge is 0.296 e. The highest BCUT2D eigenvalue weighted by Crippen LogP contribution is 2.29. The molecule has 0 fully saturated rings. The number of carbonyl (C=O) groups excluding carboxylic acids is 1. The van der Waals surface area contributed by atoms with Crippen molar-refractivity contribution in [1.82, 2.24) is 4.98 Å². The summed E-state index contributed by atoms with van der Waals surface area (Å²) in [5.74, 6) is 0.172. The summed E-state index contributed by atoms with van der Waals surface area (Å²) in [4.78, 5) is 16.2. The number of aromatic nitrogens is 1. The zero-order valence-electron chi connectivity index (χ0n) is 10.3. The SMILES string of the molecule is CC(C)Cc1sc(-c2cccc(F)c2)nc1C=O. The molecular weight excluding hydrogens is 249 g/mol. The van der Waals surface area contributed by atoms with Gasteiger partial charge in [0.05, 0.1) is 0 Å². The van der Waals surface area contributed by atoms with E-state index < -0.39 is 0 Å². The summed E-state index contributed by atoms with van der Waals surface area (Å²) in [6.45, 7) is 4.19. The maximum atomic E-state index is 13.2. The minimum Gasteiger partial charge on any atom is -0.296 e. The van der Waals surface area contributed by atoms with Crippen molar-refractivity contribution in [1.29, 1.82) is 0 Å². The van der Waals surface area contributed by atoms with Crippen LogP contribution in [0.15, 0.2) is 24.3 Å². The van der Waals surface area contributed by atoms with Gasteiger partial charge in [-0.15, -0.1) is 11.3 Å². The van der Waals surface area contributed by atoms with Gasteiger partial charge >= 0.3 is 0 Å². The van der Waals surface area contributed by atoms with E-state index in [1.165, 1.54) is 23.5 Å². The Morgan fingerprint density at radius 2 is 2.22 bits per heavy atom. The number of hydrogen-bond acceptors (Lipinski definition) is 3. The van der Waals surface area contributed by atoms with Crippen LogP contribution in [0, 0.1) is 11.7 Å². The predicted octanol–water partition coefficient (Wildman–Crippen LogP) is 3.96. The van der Waals surface area contributed by atoms with E-state index in [-0.39, 0.29) is 5.82 Å². The van der Waals surface area contributed by atoms with Gasteiger partial charge in [-0.3, -0.25) is 4.79 Å². The number of thiazole rings is 1. The second-order valence-corrected chi connectivity index (χ2v) is 5.64. The Labute approximate surface area is 110 Å². The van der Waals surface area contributed by atoms with Crippen molar-refractivity contribution < 1.29 is 9.18 Å². The van der Waals surface area contributed by atoms with Gasteiger partial charge in [-0.1, -0.05) is 26.0 Å². The highest BCUT2D eigenvalue weighted by Gasteiger charge is 2.13. The fraction of sp³-hybridized carbons (Fsp3) is 0.286. The molecule has 1 aromatic carbocycles. The minimum absolute atomic E-state index is 0.291. The molecule has 2 nitrogen and oxygen atoms in total. The average molecular weight is 263 g/mol. The van der Waals surface area contributed by atoms with Gasteiger partial charge in [0.2, 0.25) is 0 Å². The van der Waals surface area contributed by atoms with Gasteiger partial charge in [-0.25, -0.2) is 9.37 Å². The quantitative estimate of drug-likeness (QED) is 0.781. The zero-order valence-corrected chi connectivity index (χ0v) is 11.1. The molecule has 2 aromatic rings. The second-order valence-electron chi connectivity index (χ2n) is 4.55. The third-order valence-corrected chi connectivity index (χ3v) is 3.65. The molecule has 0 atom stereocenters. The molecule has 0 saturated heterocycles. The van der Waals surface area contributed by atoms with Gasteiger partial charge in [-0.05, 0) is 24.5 Å². The average Bonchev–Trinajstić information content (AvgIpc) is 2.71. The van der Waals surface area contributed by atoms with Gasteiger partial charge in [-0.2, -0.15) is 0 Å². The van der Waals surface area contributed by atoms with Gasteiger partial charge in [0.25, 0.3) is 0 Å². The maximum Gasteiger partial charge on any atom is 0.169 e. The first-order valence-electron chi connectivity index (χ1n) is 5.81. The summed E-state index contributed by atoms with van der Waals surface area (Å²) in [6.07, 6.45) is 1.60. The van der Waals surface area contributed by atoms with Crippen molar-refractivity contribution in [3.8, 4) is 10.6 Å². The Bertz CT molecular complexity index is 563. The lowest BCUT2D eigenvalue weighted by atomic mass is 10.1. The van der Waals surface area contributed by atoms with Crippen LogP contribution < -0.4 is 0 Å². The van der Waals surface area contributed by atoms with Crippen molar-refractivity contribution in [2.75, 3.05) is 0 Å². The maximum absolute atomic E-state index is 13.2. The molecule has 18 heavy (non-hydrogen) atoms. The van der Waals surface area contributed by atoms with E-state index in [1.54, 1.807) is 12.1 Å². The van der Waals surface area contributed by atoms with Crippen molar-refractivity contribution in [3.05, 3.63) is 40.7 Å². The van der Waals surface area contributed by atoms with Crippen LogP contribution in [0.4, 0.5) is 4.39 Å². The van der Waals surface area contributed by atoms with Crippen LogP contribution in [0.5, 0.6) is 0 Å². The smallest absolute Gasteiger partial charge is 0.169 e. The number of aldehydes is 1. The Kier molecular flexibility index (Phi) is 3.87. The number of rotatable bonds is 4. The van der Waals surface area contributed by atoms with E-state index in [2.05, 4.69) is 18.8 Å². The fourth-order valence-corrected chi connectivity index (χ4v) is 2.95. The van der Waals surface area contributed by atoms with E-state index in [0.29, 0.717) is 16.6 Å². The number of carbonyl (C=O) groups is 1. The van der Waals surface area contributed by atoms with Gasteiger partial charge in [0, 0.05) is 10.4 Å². The highest BCUT2D eigenvalue weighted by atomic mass is 32.1. The van der Waals surface area contributed by atoms with Crippen molar-refractivity contribution in [3.63, 3.8) is 0 Å². The lowest BCUT2D eigenvalue weighted by Crippen LogP contribution is -1.95. The molecule has 4 heteroatoms. The molecule has 1 heterocycles. The highest BCUT2D eigenvalue weighted by molar-refractivity contribution is 7.15. The predicted molar refractivity (Wildman–Crippen MR) is 71.4 cm³/mol. The van der Waals surface area contributed by atoms with E-state index in [4.69, 9.17) is 0 Å². The molecular formula is C14H14FNOS.